The first-order chi connectivity index (χ1) is 6.63. The molecule has 1 rings (SSSR count). The second-order valence-electron chi connectivity index (χ2n) is 3.01. The second kappa shape index (κ2) is 4.56. The maximum atomic E-state index is 12.5. The van der Waals surface area contributed by atoms with Crippen LogP contribution in [0.5, 0.6) is 0 Å². The first-order valence-electron chi connectivity index (χ1n) is 4.31. The van der Waals surface area contributed by atoms with Crippen LogP contribution < -0.4 is 0 Å². The fourth-order valence-electron chi connectivity index (χ4n) is 0.992. The Hall–Kier alpha value is -1.64. The Morgan fingerprint density at radius 2 is 2.29 bits per heavy atom. The first-order valence-corrected chi connectivity index (χ1v) is 4.31. The average Bonchev–Trinajstić information content (AvgIpc) is 2.53. The van der Waals surface area contributed by atoms with E-state index in [9.17, 15) is 4.39 Å². The van der Waals surface area contributed by atoms with E-state index in [1.54, 1.807) is 23.0 Å². The molecule has 14 heavy (non-hydrogen) atoms. The lowest BCUT2D eigenvalue weighted by molar-refractivity contribution is 0.640. The molecule has 3 heteroatoms. The third kappa shape index (κ3) is 2.69. The number of allylic oxidation sites excluding steroid dienone is 5. The molecular formula is C11H13FN2. The van der Waals surface area contributed by atoms with Crippen molar-refractivity contribution in [2.75, 3.05) is 0 Å². The van der Waals surface area contributed by atoms with Gasteiger partial charge >= 0.3 is 0 Å². The lowest BCUT2D eigenvalue weighted by atomic mass is 10.3. The van der Waals surface area contributed by atoms with Crippen LogP contribution >= 0.6 is 0 Å². The number of hydrogen-bond donors (Lipinski definition) is 0. The van der Waals surface area contributed by atoms with Crippen molar-refractivity contribution in [1.82, 2.24) is 9.78 Å². The van der Waals surface area contributed by atoms with Gasteiger partial charge in [0.1, 0.15) is 0 Å². The predicted octanol–water partition coefficient (Wildman–Crippen LogP) is 3.09. The largest absolute Gasteiger partial charge is 0.241 e. The smallest absolute Gasteiger partial charge is 0.0969 e. The summed E-state index contributed by atoms with van der Waals surface area (Å²) in [7, 11) is 0. The number of hydrogen-bond acceptors (Lipinski definition) is 1. The molecule has 0 saturated carbocycles. The van der Waals surface area contributed by atoms with Crippen LogP contribution in [0.2, 0.25) is 0 Å². The summed E-state index contributed by atoms with van der Waals surface area (Å²) in [5.74, 6) is -0.242. The van der Waals surface area contributed by atoms with Gasteiger partial charge in [-0.1, -0.05) is 6.58 Å². The van der Waals surface area contributed by atoms with Crippen LogP contribution in [0.3, 0.4) is 0 Å². The lowest BCUT2D eigenvalue weighted by Gasteiger charge is -1.99. The monoisotopic (exact) mass is 192 g/mol. The van der Waals surface area contributed by atoms with Crippen LogP contribution in [0.1, 0.15) is 12.5 Å². The van der Waals surface area contributed by atoms with Gasteiger partial charge < -0.3 is 0 Å². The zero-order chi connectivity index (χ0) is 10.6. The van der Waals surface area contributed by atoms with Gasteiger partial charge in [0, 0.05) is 6.20 Å². The molecule has 0 spiro atoms. The van der Waals surface area contributed by atoms with Gasteiger partial charge in [0.15, 0.2) is 0 Å². The molecule has 0 fully saturated rings. The minimum Gasteiger partial charge on any atom is -0.241 e. The summed E-state index contributed by atoms with van der Waals surface area (Å²) in [6.45, 7) is 6.98. The van der Waals surface area contributed by atoms with Crippen molar-refractivity contribution >= 4 is 5.70 Å². The standard InChI is InChI=1S/C11H13FN2/c1-4-11(6-5-10(3)12)14-8-9(2)7-13-14/h4-8H,1H2,2-3H3/b10-5+,11-6+. The van der Waals surface area contributed by atoms with Crippen LogP contribution in [-0.4, -0.2) is 9.78 Å². The quantitative estimate of drug-likeness (QED) is 0.673. The summed E-state index contributed by atoms with van der Waals surface area (Å²) in [6.07, 6.45) is 8.24. The average molecular weight is 192 g/mol. The Morgan fingerprint density at radius 1 is 1.57 bits per heavy atom. The molecular weight excluding hydrogens is 179 g/mol. The number of nitrogens with zero attached hydrogens (tertiary/aromatic N) is 2. The topological polar surface area (TPSA) is 17.8 Å². The molecule has 1 aromatic rings. The number of halogens is 1. The van der Waals surface area contributed by atoms with Crippen molar-refractivity contribution in [3.05, 3.63) is 48.6 Å². The fourth-order valence-corrected chi connectivity index (χ4v) is 0.992. The van der Waals surface area contributed by atoms with E-state index < -0.39 is 0 Å². The summed E-state index contributed by atoms with van der Waals surface area (Å²) < 4.78 is 14.1. The molecule has 0 aliphatic rings. The van der Waals surface area contributed by atoms with Gasteiger partial charge in [-0.3, -0.25) is 0 Å². The second-order valence-corrected chi connectivity index (χ2v) is 3.01. The molecule has 74 valence electrons. The molecule has 0 radical (unpaired) electrons. The summed E-state index contributed by atoms with van der Waals surface area (Å²) in [4.78, 5) is 0. The number of aromatic nitrogens is 2. The van der Waals surface area contributed by atoms with Gasteiger partial charge in [0.2, 0.25) is 0 Å². The molecule has 0 saturated heterocycles. The van der Waals surface area contributed by atoms with Crippen molar-refractivity contribution in [2.45, 2.75) is 13.8 Å². The Morgan fingerprint density at radius 3 is 2.71 bits per heavy atom. The molecule has 2 nitrogen and oxygen atoms in total. The van der Waals surface area contributed by atoms with Gasteiger partial charge in [-0.05, 0) is 37.6 Å². The zero-order valence-electron chi connectivity index (χ0n) is 8.37. The predicted molar refractivity (Wildman–Crippen MR) is 56.3 cm³/mol. The number of rotatable bonds is 3. The highest BCUT2D eigenvalue weighted by atomic mass is 19.1. The molecule has 1 aromatic heterocycles. The van der Waals surface area contributed by atoms with Crippen LogP contribution in [0.4, 0.5) is 4.39 Å². The maximum absolute atomic E-state index is 12.5. The normalized spacial score (nSPS) is 13.1. The van der Waals surface area contributed by atoms with E-state index in [0.717, 1.165) is 11.3 Å². The molecule has 0 atom stereocenters. The summed E-state index contributed by atoms with van der Waals surface area (Å²) >= 11 is 0. The molecule has 0 bridgehead atoms. The van der Waals surface area contributed by atoms with E-state index in [1.807, 2.05) is 13.1 Å². The minimum atomic E-state index is -0.242. The Kier molecular flexibility index (Phi) is 3.40. The van der Waals surface area contributed by atoms with Crippen LogP contribution in [0.25, 0.3) is 5.70 Å². The van der Waals surface area contributed by atoms with E-state index in [2.05, 4.69) is 11.7 Å². The molecule has 0 aliphatic heterocycles. The third-order valence-electron chi connectivity index (χ3n) is 1.67. The first kappa shape index (κ1) is 10.4. The molecule has 0 unspecified atom stereocenters. The van der Waals surface area contributed by atoms with Crippen molar-refractivity contribution in [1.29, 1.82) is 0 Å². The minimum absolute atomic E-state index is 0.242. The summed E-state index contributed by atoms with van der Waals surface area (Å²) in [5, 5.41) is 4.09. The Balaban J connectivity index is 2.98. The molecule has 1 heterocycles. The van der Waals surface area contributed by atoms with E-state index >= 15 is 0 Å². The third-order valence-corrected chi connectivity index (χ3v) is 1.67. The highest BCUT2D eigenvalue weighted by molar-refractivity contribution is 5.57. The van der Waals surface area contributed by atoms with Crippen molar-refractivity contribution in [2.24, 2.45) is 0 Å². The van der Waals surface area contributed by atoms with Crippen LogP contribution in [-0.2, 0) is 0 Å². The zero-order valence-corrected chi connectivity index (χ0v) is 8.37. The van der Waals surface area contributed by atoms with Gasteiger partial charge in [-0.25, -0.2) is 9.07 Å². The maximum Gasteiger partial charge on any atom is 0.0969 e. The summed E-state index contributed by atoms with van der Waals surface area (Å²) in [5.41, 5.74) is 1.80. The van der Waals surface area contributed by atoms with Gasteiger partial charge in [0.25, 0.3) is 0 Å². The highest BCUT2D eigenvalue weighted by Crippen LogP contribution is 2.07. The van der Waals surface area contributed by atoms with E-state index in [1.165, 1.54) is 13.0 Å². The fraction of sp³-hybridized carbons (Fsp3) is 0.182. The number of aryl methyl sites for hydroxylation is 1. The van der Waals surface area contributed by atoms with E-state index in [4.69, 9.17) is 0 Å². The highest BCUT2D eigenvalue weighted by Gasteiger charge is 1.96. The van der Waals surface area contributed by atoms with E-state index in [-0.39, 0.29) is 5.83 Å². The lowest BCUT2D eigenvalue weighted by Crippen LogP contribution is -1.93. The van der Waals surface area contributed by atoms with Crippen molar-refractivity contribution < 1.29 is 4.39 Å². The van der Waals surface area contributed by atoms with Gasteiger partial charge in [-0.2, -0.15) is 5.10 Å². The molecule has 0 amide bonds. The van der Waals surface area contributed by atoms with Crippen LogP contribution in [0.15, 0.2) is 43.0 Å². The molecule has 0 aromatic carbocycles. The SMILES string of the molecule is C=C/C(=C\C=C(/C)F)n1cc(C)cn1. The molecule has 0 aliphatic carbocycles. The van der Waals surface area contributed by atoms with E-state index in [0.29, 0.717) is 0 Å². The van der Waals surface area contributed by atoms with Gasteiger partial charge in [-0.15, -0.1) is 0 Å². The van der Waals surface area contributed by atoms with Gasteiger partial charge in [0.05, 0.1) is 17.7 Å². The Bertz CT molecular complexity index is 382. The van der Waals surface area contributed by atoms with Crippen molar-refractivity contribution in [3.63, 3.8) is 0 Å². The van der Waals surface area contributed by atoms with Crippen LogP contribution in [0, 0.1) is 6.92 Å². The Labute approximate surface area is 83.1 Å². The summed E-state index contributed by atoms with van der Waals surface area (Å²) in [6, 6.07) is 0. The van der Waals surface area contributed by atoms with Crippen molar-refractivity contribution in [3.8, 4) is 0 Å². The molecule has 0 N–H and O–H groups in total.